The summed E-state index contributed by atoms with van der Waals surface area (Å²) in [6, 6.07) is 16.2. The molecule has 3 N–H and O–H groups in total. The number of para-hydroxylation sites is 1. The van der Waals surface area contributed by atoms with Gasteiger partial charge in [-0.2, -0.15) is 0 Å². The molecule has 0 atom stereocenters. The first-order valence-electron chi connectivity index (χ1n) is 11.4. The zero-order valence-electron chi connectivity index (χ0n) is 19.6. The maximum atomic E-state index is 12.7. The number of aromatic hydroxyl groups is 1. The van der Waals surface area contributed by atoms with Crippen molar-refractivity contribution in [2.45, 2.75) is 26.2 Å². The molecule has 0 spiro atoms. The smallest absolute Gasteiger partial charge is 0.232 e. The van der Waals surface area contributed by atoms with Gasteiger partial charge in [0.05, 0.1) is 17.7 Å². The highest BCUT2D eigenvalue weighted by Crippen LogP contribution is 2.30. The molecule has 1 amide bonds. The molecule has 0 aliphatic rings. The van der Waals surface area contributed by atoms with Gasteiger partial charge in [0, 0.05) is 30.4 Å². The lowest BCUT2D eigenvalue weighted by Gasteiger charge is -2.10. The average Bonchev–Trinajstić information content (AvgIpc) is 2.82. The van der Waals surface area contributed by atoms with Gasteiger partial charge in [-0.25, -0.2) is 8.42 Å². The van der Waals surface area contributed by atoms with Crippen molar-refractivity contribution in [3.8, 4) is 11.5 Å². The van der Waals surface area contributed by atoms with Crippen LogP contribution in [0.4, 0.5) is 11.4 Å². The summed E-state index contributed by atoms with van der Waals surface area (Å²) >= 11 is 0. The van der Waals surface area contributed by atoms with Crippen molar-refractivity contribution in [3.05, 3.63) is 70.9 Å². The normalized spacial score (nSPS) is 11.5. The van der Waals surface area contributed by atoms with Gasteiger partial charge in [0.15, 0.2) is 0 Å². The number of hydrogen-bond donors (Lipinski definition) is 3. The summed E-state index contributed by atoms with van der Waals surface area (Å²) in [6.45, 7) is 1.70. The molecule has 0 saturated heterocycles. The van der Waals surface area contributed by atoms with Crippen LogP contribution in [0.3, 0.4) is 0 Å². The summed E-state index contributed by atoms with van der Waals surface area (Å²) in [5.74, 6) is -0.111. The lowest BCUT2D eigenvalue weighted by molar-refractivity contribution is -0.114. The van der Waals surface area contributed by atoms with Crippen molar-refractivity contribution in [2.24, 2.45) is 0 Å². The zero-order valence-corrected chi connectivity index (χ0v) is 20.4. The number of rotatable bonds is 10. The van der Waals surface area contributed by atoms with Crippen LogP contribution < -0.4 is 20.2 Å². The number of sulfonamides is 1. The van der Waals surface area contributed by atoms with Crippen LogP contribution in [0.5, 0.6) is 11.5 Å². The summed E-state index contributed by atoms with van der Waals surface area (Å²) in [5, 5.41) is 13.5. The minimum absolute atomic E-state index is 0.0462. The van der Waals surface area contributed by atoms with E-state index in [9.17, 15) is 23.1 Å². The summed E-state index contributed by atoms with van der Waals surface area (Å²) in [4.78, 5) is 23.7. The summed E-state index contributed by atoms with van der Waals surface area (Å²) in [6.07, 6.45) is 1.65. The lowest BCUT2D eigenvalue weighted by atomic mass is 10.1. The first-order valence-corrected chi connectivity index (χ1v) is 13.1. The largest absolute Gasteiger partial charge is 0.507 e. The summed E-state index contributed by atoms with van der Waals surface area (Å²) in [5.41, 5.74) is 1.35. The van der Waals surface area contributed by atoms with Gasteiger partial charge in [0.25, 0.3) is 0 Å². The molecule has 4 rings (SSSR count). The molecular weight excluding hydrogens is 484 g/mol. The van der Waals surface area contributed by atoms with E-state index in [4.69, 9.17) is 9.15 Å². The van der Waals surface area contributed by atoms with Crippen LogP contribution in [0.2, 0.25) is 0 Å². The van der Waals surface area contributed by atoms with Gasteiger partial charge in [-0.1, -0.05) is 12.1 Å². The number of ether oxygens (including phenoxy) is 1. The monoisotopic (exact) mass is 510 g/mol. The Kier molecular flexibility index (Phi) is 7.44. The van der Waals surface area contributed by atoms with E-state index in [1.54, 1.807) is 54.6 Å². The minimum Gasteiger partial charge on any atom is -0.507 e. The summed E-state index contributed by atoms with van der Waals surface area (Å²) in [7, 11) is -3.52. The molecule has 0 saturated carbocycles. The van der Waals surface area contributed by atoms with Crippen molar-refractivity contribution >= 4 is 49.2 Å². The predicted octanol–water partition coefficient (Wildman–Crippen LogP) is 4.60. The van der Waals surface area contributed by atoms with Gasteiger partial charge >= 0.3 is 0 Å². The number of phenols is 1. The van der Waals surface area contributed by atoms with E-state index in [0.29, 0.717) is 54.0 Å². The van der Waals surface area contributed by atoms with E-state index in [1.807, 2.05) is 0 Å². The standard InChI is InChI=1S/C26H26N2O7S/c1-17(29)27-18-9-11-19(12-10-18)28-36(32,33)14-6-2-5-13-34-20-15-22(30)25-24(16-20)35-23-8-4-3-7-21(23)26(25)31/h3-4,7-12,15-16,28,30H,2,5-6,13-14H2,1H3,(H,27,29). The Morgan fingerprint density at radius 1 is 0.972 bits per heavy atom. The molecule has 4 aromatic rings. The highest BCUT2D eigenvalue weighted by molar-refractivity contribution is 7.92. The SMILES string of the molecule is CC(=O)Nc1ccc(NS(=O)(=O)CCCCCOc2cc(O)c3c(=O)c4ccccc4oc3c2)cc1. The Morgan fingerprint density at radius 2 is 1.69 bits per heavy atom. The van der Waals surface area contributed by atoms with Gasteiger partial charge in [-0.05, 0) is 55.7 Å². The van der Waals surface area contributed by atoms with Crippen molar-refractivity contribution < 1.29 is 27.5 Å². The number of phenolic OH excluding ortho intramolecular Hbond substituents is 1. The molecule has 0 unspecified atom stereocenters. The molecular formula is C26H26N2O7S. The molecule has 3 aromatic carbocycles. The van der Waals surface area contributed by atoms with Crippen LogP contribution in [0.25, 0.3) is 21.9 Å². The maximum Gasteiger partial charge on any atom is 0.232 e. The molecule has 0 bridgehead atoms. The van der Waals surface area contributed by atoms with Crippen LogP contribution in [-0.2, 0) is 14.8 Å². The molecule has 0 aliphatic heterocycles. The van der Waals surface area contributed by atoms with Crippen molar-refractivity contribution in [3.63, 3.8) is 0 Å². The Hall–Kier alpha value is -4.05. The number of amides is 1. The number of unbranched alkanes of at least 4 members (excludes halogenated alkanes) is 2. The molecule has 0 fully saturated rings. The van der Waals surface area contributed by atoms with Gasteiger partial charge < -0.3 is 19.6 Å². The van der Waals surface area contributed by atoms with Crippen LogP contribution in [-0.4, -0.2) is 31.8 Å². The van der Waals surface area contributed by atoms with Crippen LogP contribution >= 0.6 is 0 Å². The number of nitrogens with one attached hydrogen (secondary N) is 2. The fourth-order valence-corrected chi connectivity index (χ4v) is 4.96. The highest BCUT2D eigenvalue weighted by atomic mass is 32.2. The van der Waals surface area contributed by atoms with Gasteiger partial charge in [-0.15, -0.1) is 0 Å². The Bertz CT molecular complexity index is 1560. The van der Waals surface area contributed by atoms with Gasteiger partial charge in [-0.3, -0.25) is 14.3 Å². The molecule has 188 valence electrons. The quantitative estimate of drug-likeness (QED) is 0.210. The highest BCUT2D eigenvalue weighted by Gasteiger charge is 2.14. The van der Waals surface area contributed by atoms with Gasteiger partial charge in [0.1, 0.15) is 28.1 Å². The average molecular weight is 511 g/mol. The maximum absolute atomic E-state index is 12.7. The second-order valence-electron chi connectivity index (χ2n) is 8.33. The van der Waals surface area contributed by atoms with E-state index < -0.39 is 10.0 Å². The fourth-order valence-electron chi connectivity index (χ4n) is 3.78. The molecule has 0 radical (unpaired) electrons. The van der Waals surface area contributed by atoms with E-state index in [0.717, 1.165) is 0 Å². The van der Waals surface area contributed by atoms with Crippen LogP contribution in [0.1, 0.15) is 26.2 Å². The molecule has 10 heteroatoms. The lowest BCUT2D eigenvalue weighted by Crippen LogP contribution is -2.17. The number of fused-ring (bicyclic) bond motifs is 2. The summed E-state index contributed by atoms with van der Waals surface area (Å²) < 4.78 is 38.6. The Morgan fingerprint density at radius 3 is 2.44 bits per heavy atom. The molecule has 1 heterocycles. The first-order chi connectivity index (χ1) is 17.2. The number of benzene rings is 3. The molecule has 0 aliphatic carbocycles. The number of carbonyl (C=O) groups excluding carboxylic acids is 1. The van der Waals surface area contributed by atoms with Crippen LogP contribution in [0.15, 0.2) is 69.9 Å². The van der Waals surface area contributed by atoms with E-state index in [1.165, 1.54) is 13.0 Å². The second kappa shape index (κ2) is 10.7. The third-order valence-electron chi connectivity index (χ3n) is 5.44. The van der Waals surface area contributed by atoms with E-state index >= 15 is 0 Å². The van der Waals surface area contributed by atoms with Crippen LogP contribution in [0, 0.1) is 0 Å². The first kappa shape index (κ1) is 25.1. The Labute approximate surface area is 207 Å². The van der Waals surface area contributed by atoms with Crippen molar-refractivity contribution in [1.29, 1.82) is 0 Å². The third kappa shape index (κ3) is 6.14. The number of anilines is 2. The fraction of sp³-hybridized carbons (Fsp3) is 0.231. The third-order valence-corrected chi connectivity index (χ3v) is 6.81. The second-order valence-corrected chi connectivity index (χ2v) is 10.2. The predicted molar refractivity (Wildman–Crippen MR) is 139 cm³/mol. The van der Waals surface area contributed by atoms with Crippen molar-refractivity contribution in [2.75, 3.05) is 22.4 Å². The van der Waals surface area contributed by atoms with Gasteiger partial charge in [0.2, 0.25) is 21.4 Å². The molecule has 9 nitrogen and oxygen atoms in total. The van der Waals surface area contributed by atoms with Crippen molar-refractivity contribution in [1.82, 2.24) is 0 Å². The molecule has 36 heavy (non-hydrogen) atoms. The zero-order chi connectivity index (χ0) is 25.7. The minimum atomic E-state index is -3.52. The topological polar surface area (TPSA) is 135 Å². The molecule has 1 aromatic heterocycles. The van der Waals surface area contributed by atoms with E-state index in [-0.39, 0.29) is 33.8 Å². The Balaban J connectivity index is 1.27. The number of hydrogen-bond acceptors (Lipinski definition) is 7. The van der Waals surface area contributed by atoms with E-state index in [2.05, 4.69) is 10.0 Å². The number of carbonyl (C=O) groups is 1.